The van der Waals surface area contributed by atoms with E-state index in [4.69, 9.17) is 4.74 Å². The number of imidazole rings is 1. The molecule has 0 radical (unpaired) electrons. The van der Waals surface area contributed by atoms with Crippen LogP contribution in [0.2, 0.25) is 0 Å². The minimum absolute atomic E-state index is 0.00707. The van der Waals surface area contributed by atoms with E-state index < -0.39 is 0 Å². The van der Waals surface area contributed by atoms with Crippen LogP contribution in [0.15, 0.2) is 48.1 Å². The second-order valence-corrected chi connectivity index (χ2v) is 6.85. The highest BCUT2D eigenvalue weighted by Crippen LogP contribution is 2.25. The maximum Gasteiger partial charge on any atom is 0.223 e. The van der Waals surface area contributed by atoms with Gasteiger partial charge in [-0.2, -0.15) is 0 Å². The summed E-state index contributed by atoms with van der Waals surface area (Å²) in [6.07, 6.45) is 3.77. The fourth-order valence-electron chi connectivity index (χ4n) is 2.64. The lowest BCUT2D eigenvalue weighted by Crippen LogP contribution is -2.27. The van der Waals surface area contributed by atoms with Gasteiger partial charge in [-0.15, -0.1) is 11.3 Å². The number of ether oxygens (including phenoxy) is 1. The predicted octanol–water partition coefficient (Wildman–Crippen LogP) is 3.83. The van der Waals surface area contributed by atoms with E-state index in [1.54, 1.807) is 17.7 Å². The molecule has 3 aromatic rings. The van der Waals surface area contributed by atoms with E-state index in [1.165, 1.54) is 5.56 Å². The molecule has 0 spiro atoms. The van der Waals surface area contributed by atoms with Crippen LogP contribution in [0.1, 0.15) is 24.6 Å². The van der Waals surface area contributed by atoms with E-state index in [2.05, 4.69) is 22.2 Å². The van der Waals surface area contributed by atoms with Crippen LogP contribution >= 0.6 is 11.3 Å². The topological polar surface area (TPSA) is 67.0 Å². The Hall–Kier alpha value is -2.60. The standard InChI is InChI=1S/C20H23N3O2S/c1-2-15-5-7-16(8-6-15)25-12-10-19(24)21-11-9-17-20(23-14-22-17)18-4-3-13-26-18/h3-8,13-14H,2,9-12H2,1H3,(H,21,24)(H,22,23). The summed E-state index contributed by atoms with van der Waals surface area (Å²) in [4.78, 5) is 20.6. The zero-order chi connectivity index (χ0) is 18.2. The van der Waals surface area contributed by atoms with Crippen molar-refractivity contribution in [2.45, 2.75) is 26.2 Å². The van der Waals surface area contributed by atoms with Crippen LogP contribution in [-0.2, 0) is 17.6 Å². The Labute approximate surface area is 157 Å². The number of carbonyl (C=O) groups is 1. The summed E-state index contributed by atoms with van der Waals surface area (Å²) >= 11 is 1.66. The molecule has 0 aliphatic carbocycles. The molecule has 26 heavy (non-hydrogen) atoms. The number of carbonyl (C=O) groups excluding carboxylic acids is 1. The Morgan fingerprint density at radius 3 is 2.85 bits per heavy atom. The molecule has 136 valence electrons. The maximum absolute atomic E-state index is 12.0. The maximum atomic E-state index is 12.0. The van der Waals surface area contributed by atoms with Gasteiger partial charge in [0.05, 0.1) is 24.2 Å². The second-order valence-electron chi connectivity index (χ2n) is 5.90. The number of thiophene rings is 1. The van der Waals surface area contributed by atoms with Crippen molar-refractivity contribution in [3.63, 3.8) is 0 Å². The summed E-state index contributed by atoms with van der Waals surface area (Å²) in [5.41, 5.74) is 3.28. The number of hydrogen-bond donors (Lipinski definition) is 2. The van der Waals surface area contributed by atoms with E-state index >= 15 is 0 Å². The Kier molecular flexibility index (Phi) is 6.44. The molecule has 2 heterocycles. The smallest absolute Gasteiger partial charge is 0.223 e. The van der Waals surface area contributed by atoms with Crippen LogP contribution < -0.4 is 10.1 Å². The third kappa shape index (κ3) is 4.95. The summed E-state index contributed by atoms with van der Waals surface area (Å²) in [7, 11) is 0. The molecule has 5 nitrogen and oxygen atoms in total. The number of aromatic nitrogens is 2. The van der Waals surface area contributed by atoms with Crippen LogP contribution in [0.25, 0.3) is 10.6 Å². The molecule has 0 fully saturated rings. The quantitative estimate of drug-likeness (QED) is 0.602. The molecular weight excluding hydrogens is 346 g/mol. The highest BCUT2D eigenvalue weighted by Gasteiger charge is 2.09. The molecule has 2 aromatic heterocycles. The molecule has 1 aromatic carbocycles. The van der Waals surface area contributed by atoms with Crippen LogP contribution in [0, 0.1) is 0 Å². The lowest BCUT2D eigenvalue weighted by Gasteiger charge is -2.08. The second kappa shape index (κ2) is 9.20. The van der Waals surface area contributed by atoms with Crippen molar-refractivity contribution in [1.29, 1.82) is 0 Å². The van der Waals surface area contributed by atoms with Crippen molar-refractivity contribution in [3.8, 4) is 16.3 Å². The van der Waals surface area contributed by atoms with Crippen LogP contribution in [-0.4, -0.2) is 29.0 Å². The molecule has 0 saturated heterocycles. The van der Waals surface area contributed by atoms with Crippen molar-refractivity contribution in [3.05, 3.63) is 59.4 Å². The van der Waals surface area contributed by atoms with Gasteiger partial charge in [0, 0.05) is 18.7 Å². The zero-order valence-corrected chi connectivity index (χ0v) is 15.6. The van der Waals surface area contributed by atoms with E-state index in [9.17, 15) is 4.79 Å². The molecule has 0 unspecified atom stereocenters. The average molecular weight is 369 g/mol. The largest absolute Gasteiger partial charge is 0.493 e. The highest BCUT2D eigenvalue weighted by atomic mass is 32.1. The van der Waals surface area contributed by atoms with Gasteiger partial charge in [-0.25, -0.2) is 4.98 Å². The molecule has 2 N–H and O–H groups in total. The molecular formula is C20H23N3O2S. The molecule has 6 heteroatoms. The summed E-state index contributed by atoms with van der Waals surface area (Å²) < 4.78 is 5.62. The zero-order valence-electron chi connectivity index (χ0n) is 14.8. The fourth-order valence-corrected chi connectivity index (χ4v) is 3.38. The number of nitrogens with one attached hydrogen (secondary N) is 2. The van der Waals surface area contributed by atoms with Crippen molar-refractivity contribution in [2.75, 3.05) is 13.2 Å². The van der Waals surface area contributed by atoms with E-state index in [0.717, 1.165) is 34.9 Å². The molecule has 0 saturated carbocycles. The number of aryl methyl sites for hydroxylation is 1. The highest BCUT2D eigenvalue weighted by molar-refractivity contribution is 7.13. The third-order valence-corrected chi connectivity index (χ3v) is 4.98. The molecule has 1 amide bonds. The van der Waals surface area contributed by atoms with Gasteiger partial charge in [-0.1, -0.05) is 25.1 Å². The molecule has 0 aliphatic heterocycles. The summed E-state index contributed by atoms with van der Waals surface area (Å²) in [5.74, 6) is 0.792. The number of hydrogen-bond acceptors (Lipinski definition) is 4. The van der Waals surface area contributed by atoms with Crippen LogP contribution in [0.3, 0.4) is 0 Å². The number of nitrogens with zero attached hydrogens (tertiary/aromatic N) is 1. The molecule has 3 rings (SSSR count). The van der Waals surface area contributed by atoms with Gasteiger partial charge < -0.3 is 15.0 Å². The number of H-pyrrole nitrogens is 1. The third-order valence-electron chi connectivity index (χ3n) is 4.10. The molecule has 0 bridgehead atoms. The summed E-state index contributed by atoms with van der Waals surface area (Å²) in [5, 5.41) is 4.97. The SMILES string of the molecule is CCc1ccc(OCCC(=O)NCCc2[nH]cnc2-c2cccs2)cc1. The van der Waals surface area contributed by atoms with E-state index in [0.29, 0.717) is 19.6 Å². The number of aromatic amines is 1. The van der Waals surface area contributed by atoms with Crippen molar-refractivity contribution in [1.82, 2.24) is 15.3 Å². The van der Waals surface area contributed by atoms with Gasteiger partial charge in [-0.3, -0.25) is 4.79 Å². The Bertz CT molecular complexity index is 810. The summed E-state index contributed by atoms with van der Waals surface area (Å²) in [6, 6.07) is 12.0. The Balaban J connectivity index is 1.37. The van der Waals surface area contributed by atoms with Gasteiger partial charge in [0.15, 0.2) is 0 Å². The van der Waals surface area contributed by atoms with Gasteiger partial charge in [0.25, 0.3) is 0 Å². The van der Waals surface area contributed by atoms with Crippen LogP contribution in [0.4, 0.5) is 0 Å². The van der Waals surface area contributed by atoms with Gasteiger partial charge >= 0.3 is 0 Å². The van der Waals surface area contributed by atoms with Crippen molar-refractivity contribution in [2.24, 2.45) is 0 Å². The first kappa shape index (κ1) is 18.2. The predicted molar refractivity (Wildman–Crippen MR) is 105 cm³/mol. The van der Waals surface area contributed by atoms with Gasteiger partial charge in [-0.05, 0) is 35.6 Å². The monoisotopic (exact) mass is 369 g/mol. The Morgan fingerprint density at radius 2 is 2.12 bits per heavy atom. The van der Waals surface area contributed by atoms with Crippen molar-refractivity contribution >= 4 is 17.2 Å². The van der Waals surface area contributed by atoms with Crippen LogP contribution in [0.5, 0.6) is 5.75 Å². The minimum atomic E-state index is -0.00707. The normalized spacial score (nSPS) is 10.7. The minimum Gasteiger partial charge on any atom is -0.493 e. The van der Waals surface area contributed by atoms with Gasteiger partial charge in [0.2, 0.25) is 5.91 Å². The van der Waals surface area contributed by atoms with E-state index in [-0.39, 0.29) is 5.91 Å². The molecule has 0 aliphatic rings. The lowest BCUT2D eigenvalue weighted by atomic mass is 10.2. The van der Waals surface area contributed by atoms with E-state index in [1.807, 2.05) is 41.8 Å². The number of rotatable bonds is 9. The average Bonchev–Trinajstić information content (AvgIpc) is 3.33. The first-order valence-electron chi connectivity index (χ1n) is 8.81. The number of amides is 1. The van der Waals surface area contributed by atoms with Gasteiger partial charge in [0.1, 0.15) is 11.4 Å². The first-order chi connectivity index (χ1) is 12.8. The molecule has 0 atom stereocenters. The summed E-state index contributed by atoms with van der Waals surface area (Å²) in [6.45, 7) is 3.07. The van der Waals surface area contributed by atoms with Crippen molar-refractivity contribution < 1.29 is 9.53 Å². The lowest BCUT2D eigenvalue weighted by molar-refractivity contribution is -0.121. The number of benzene rings is 1. The first-order valence-corrected chi connectivity index (χ1v) is 9.68. The Morgan fingerprint density at radius 1 is 1.27 bits per heavy atom. The fraction of sp³-hybridized carbons (Fsp3) is 0.300.